The number of likely N-dealkylation sites (tertiary alicyclic amines) is 1. The van der Waals surface area contributed by atoms with E-state index in [-0.39, 0.29) is 12.1 Å². The van der Waals surface area contributed by atoms with Crippen molar-refractivity contribution in [3.8, 4) is 0 Å². The van der Waals surface area contributed by atoms with Crippen LogP contribution in [-0.2, 0) is 4.74 Å². The summed E-state index contributed by atoms with van der Waals surface area (Å²) in [6.07, 6.45) is 2.48. The monoisotopic (exact) mass is 340 g/mol. The van der Waals surface area contributed by atoms with E-state index in [0.717, 1.165) is 24.2 Å². The zero-order chi connectivity index (χ0) is 14.5. The first kappa shape index (κ1) is 16.0. The standard InChI is InChI=1S/C16H25BrN2O/c1-12(18)16(14-7-3-4-8-15(14)17)19-9-5-6-13(10-19)11-20-2/h3-4,7-8,12-13,16H,5-6,9-11,18H2,1-2H3. The van der Waals surface area contributed by atoms with Gasteiger partial charge >= 0.3 is 0 Å². The molecule has 1 aromatic carbocycles. The van der Waals surface area contributed by atoms with Crippen LogP contribution in [0.3, 0.4) is 0 Å². The molecule has 0 saturated carbocycles. The molecule has 0 amide bonds. The Balaban J connectivity index is 2.18. The van der Waals surface area contributed by atoms with Gasteiger partial charge in [-0.1, -0.05) is 34.1 Å². The summed E-state index contributed by atoms with van der Waals surface area (Å²) >= 11 is 3.67. The topological polar surface area (TPSA) is 38.5 Å². The molecular weight excluding hydrogens is 316 g/mol. The van der Waals surface area contributed by atoms with Gasteiger partial charge < -0.3 is 10.5 Å². The average Bonchev–Trinajstić information content (AvgIpc) is 2.42. The molecule has 2 rings (SSSR count). The van der Waals surface area contributed by atoms with Gasteiger partial charge in [0.1, 0.15) is 0 Å². The maximum absolute atomic E-state index is 6.29. The summed E-state index contributed by atoms with van der Waals surface area (Å²) in [5.74, 6) is 0.623. The Morgan fingerprint density at radius 3 is 2.85 bits per heavy atom. The van der Waals surface area contributed by atoms with Gasteiger partial charge in [0, 0.05) is 24.2 Å². The van der Waals surface area contributed by atoms with Crippen molar-refractivity contribution < 1.29 is 4.74 Å². The number of methoxy groups -OCH3 is 1. The predicted molar refractivity (Wildman–Crippen MR) is 86.7 cm³/mol. The highest BCUT2D eigenvalue weighted by Crippen LogP contribution is 2.32. The van der Waals surface area contributed by atoms with E-state index >= 15 is 0 Å². The van der Waals surface area contributed by atoms with Gasteiger partial charge in [0.2, 0.25) is 0 Å². The van der Waals surface area contributed by atoms with Crippen LogP contribution in [0.25, 0.3) is 0 Å². The van der Waals surface area contributed by atoms with Crippen molar-refractivity contribution >= 4 is 15.9 Å². The molecule has 3 unspecified atom stereocenters. The Bertz CT molecular complexity index is 423. The van der Waals surface area contributed by atoms with E-state index in [4.69, 9.17) is 10.5 Å². The molecule has 3 nitrogen and oxygen atoms in total. The minimum Gasteiger partial charge on any atom is -0.384 e. The molecule has 2 N–H and O–H groups in total. The Labute approximate surface area is 130 Å². The summed E-state index contributed by atoms with van der Waals surface area (Å²) in [5, 5.41) is 0. The third-order valence-electron chi connectivity index (χ3n) is 4.07. The molecule has 0 aliphatic carbocycles. The highest BCUT2D eigenvalue weighted by molar-refractivity contribution is 9.10. The van der Waals surface area contributed by atoms with E-state index < -0.39 is 0 Å². The van der Waals surface area contributed by atoms with E-state index in [1.807, 2.05) is 0 Å². The summed E-state index contributed by atoms with van der Waals surface area (Å²) in [4.78, 5) is 2.53. The second-order valence-corrected chi connectivity index (χ2v) is 6.64. The Hall–Kier alpha value is -0.420. The summed E-state index contributed by atoms with van der Waals surface area (Å²) in [6.45, 7) is 5.14. The van der Waals surface area contributed by atoms with Gasteiger partial charge in [0.15, 0.2) is 0 Å². The van der Waals surface area contributed by atoms with Crippen molar-refractivity contribution in [2.24, 2.45) is 11.7 Å². The van der Waals surface area contributed by atoms with Crippen molar-refractivity contribution in [3.05, 3.63) is 34.3 Å². The van der Waals surface area contributed by atoms with Crippen LogP contribution in [0, 0.1) is 5.92 Å². The normalized spacial score (nSPS) is 23.5. The maximum atomic E-state index is 6.29. The molecule has 3 atom stereocenters. The highest BCUT2D eigenvalue weighted by atomic mass is 79.9. The number of halogens is 1. The van der Waals surface area contributed by atoms with Gasteiger partial charge in [0.25, 0.3) is 0 Å². The molecule has 1 fully saturated rings. The third-order valence-corrected chi connectivity index (χ3v) is 4.79. The van der Waals surface area contributed by atoms with Gasteiger partial charge in [-0.05, 0) is 43.9 Å². The maximum Gasteiger partial charge on any atom is 0.0507 e. The Kier molecular flexibility index (Phi) is 6.02. The van der Waals surface area contributed by atoms with Crippen LogP contribution in [-0.4, -0.2) is 37.7 Å². The number of piperidine rings is 1. The van der Waals surface area contributed by atoms with Crippen molar-refractivity contribution in [3.63, 3.8) is 0 Å². The molecule has 0 aromatic heterocycles. The number of benzene rings is 1. The van der Waals surface area contributed by atoms with Crippen LogP contribution in [0.15, 0.2) is 28.7 Å². The van der Waals surface area contributed by atoms with Gasteiger partial charge in [-0.3, -0.25) is 4.90 Å². The van der Waals surface area contributed by atoms with Crippen molar-refractivity contribution in [1.82, 2.24) is 4.90 Å². The number of rotatable bonds is 5. The lowest BCUT2D eigenvalue weighted by atomic mass is 9.92. The zero-order valence-corrected chi connectivity index (χ0v) is 14.0. The number of ether oxygens (including phenoxy) is 1. The first-order valence-electron chi connectivity index (χ1n) is 7.36. The van der Waals surface area contributed by atoms with E-state index in [9.17, 15) is 0 Å². The number of nitrogens with two attached hydrogens (primary N) is 1. The number of hydrogen-bond donors (Lipinski definition) is 1. The molecule has 1 aliphatic heterocycles. The molecule has 4 heteroatoms. The average molecular weight is 341 g/mol. The number of nitrogens with zero attached hydrogens (tertiary/aromatic N) is 1. The molecule has 0 bridgehead atoms. The number of hydrogen-bond acceptors (Lipinski definition) is 3. The smallest absolute Gasteiger partial charge is 0.0507 e. The molecule has 1 aliphatic rings. The lowest BCUT2D eigenvalue weighted by molar-refractivity contribution is 0.0617. The summed E-state index contributed by atoms with van der Waals surface area (Å²) in [7, 11) is 1.79. The zero-order valence-electron chi connectivity index (χ0n) is 12.4. The quantitative estimate of drug-likeness (QED) is 0.894. The second-order valence-electron chi connectivity index (χ2n) is 5.78. The Morgan fingerprint density at radius 2 is 2.20 bits per heavy atom. The van der Waals surface area contributed by atoms with Crippen molar-refractivity contribution in [2.45, 2.75) is 31.8 Å². The predicted octanol–water partition coefficient (Wildman–Crippen LogP) is 3.20. The summed E-state index contributed by atoms with van der Waals surface area (Å²) in [5.41, 5.74) is 7.59. The van der Waals surface area contributed by atoms with Crippen molar-refractivity contribution in [2.75, 3.05) is 26.8 Å². The lowest BCUT2D eigenvalue weighted by Crippen LogP contribution is -2.45. The molecule has 20 heavy (non-hydrogen) atoms. The minimum atomic E-state index is 0.106. The minimum absolute atomic E-state index is 0.106. The third kappa shape index (κ3) is 3.82. The van der Waals surface area contributed by atoms with Crippen LogP contribution >= 0.6 is 15.9 Å². The van der Waals surface area contributed by atoms with E-state index in [1.165, 1.54) is 18.4 Å². The fraction of sp³-hybridized carbons (Fsp3) is 0.625. The summed E-state index contributed by atoms with van der Waals surface area (Å²) in [6, 6.07) is 8.79. The van der Waals surface area contributed by atoms with Gasteiger partial charge in [0.05, 0.1) is 12.6 Å². The van der Waals surface area contributed by atoms with Crippen molar-refractivity contribution in [1.29, 1.82) is 0 Å². The second kappa shape index (κ2) is 7.55. The van der Waals surface area contributed by atoms with Crippen LogP contribution in [0.4, 0.5) is 0 Å². The van der Waals surface area contributed by atoms with Crippen LogP contribution in [0.2, 0.25) is 0 Å². The first-order valence-corrected chi connectivity index (χ1v) is 8.15. The van der Waals surface area contributed by atoms with Crippen LogP contribution in [0.1, 0.15) is 31.4 Å². The largest absolute Gasteiger partial charge is 0.384 e. The fourth-order valence-electron chi connectivity index (χ4n) is 3.25. The SMILES string of the molecule is COCC1CCCN(C(c2ccccc2Br)C(C)N)C1. The molecule has 112 valence electrons. The van der Waals surface area contributed by atoms with E-state index in [2.05, 4.69) is 52.0 Å². The van der Waals surface area contributed by atoms with Gasteiger partial charge in [-0.15, -0.1) is 0 Å². The highest BCUT2D eigenvalue weighted by Gasteiger charge is 2.30. The summed E-state index contributed by atoms with van der Waals surface area (Å²) < 4.78 is 6.48. The van der Waals surface area contributed by atoms with E-state index in [0.29, 0.717) is 5.92 Å². The van der Waals surface area contributed by atoms with Gasteiger partial charge in [-0.2, -0.15) is 0 Å². The lowest BCUT2D eigenvalue weighted by Gasteiger charge is -2.40. The van der Waals surface area contributed by atoms with Crippen LogP contribution in [0.5, 0.6) is 0 Å². The Morgan fingerprint density at radius 1 is 1.45 bits per heavy atom. The molecular formula is C16H25BrN2O. The fourth-order valence-corrected chi connectivity index (χ4v) is 3.77. The van der Waals surface area contributed by atoms with Gasteiger partial charge in [-0.25, -0.2) is 0 Å². The van der Waals surface area contributed by atoms with E-state index in [1.54, 1.807) is 7.11 Å². The molecule has 1 aromatic rings. The first-order chi connectivity index (χ1) is 9.63. The molecule has 1 heterocycles. The molecule has 1 saturated heterocycles. The van der Waals surface area contributed by atoms with Crippen LogP contribution < -0.4 is 5.73 Å². The molecule has 0 spiro atoms. The molecule has 0 radical (unpaired) electrons.